The highest BCUT2D eigenvalue weighted by Gasteiger charge is 2.49. The van der Waals surface area contributed by atoms with Crippen LogP contribution in [0.1, 0.15) is 23.6 Å². The molecule has 0 aliphatic carbocycles. The molecule has 1 atom stereocenters. The smallest absolute Gasteiger partial charge is 0.325 e. The molecule has 0 radical (unpaired) electrons. The third-order valence-corrected chi connectivity index (χ3v) is 5.15. The van der Waals surface area contributed by atoms with Gasteiger partial charge in [0.2, 0.25) is 5.91 Å². The maximum Gasteiger partial charge on any atom is 0.325 e. The van der Waals surface area contributed by atoms with Crippen LogP contribution in [0.4, 0.5) is 4.79 Å². The average molecular weight is 411 g/mol. The SMILES string of the molecule is COc1ccc([C@@]2(C)NC(=O)N(CC(=O)NCc3ccc(C)cc3)C2=O)cc1OC. The molecular weight excluding hydrogens is 386 g/mol. The fourth-order valence-corrected chi connectivity index (χ4v) is 3.29. The first kappa shape index (κ1) is 21.2. The lowest BCUT2D eigenvalue weighted by atomic mass is 9.91. The first-order valence-corrected chi connectivity index (χ1v) is 9.47. The molecule has 2 N–H and O–H groups in total. The van der Waals surface area contributed by atoms with Gasteiger partial charge in [0.05, 0.1) is 14.2 Å². The molecule has 1 fully saturated rings. The van der Waals surface area contributed by atoms with Crippen molar-refractivity contribution in [3.05, 3.63) is 59.2 Å². The molecule has 2 aromatic carbocycles. The van der Waals surface area contributed by atoms with Crippen LogP contribution in [0.2, 0.25) is 0 Å². The number of carbonyl (C=O) groups excluding carboxylic acids is 3. The number of ether oxygens (including phenoxy) is 2. The minimum absolute atomic E-state index is 0.315. The fourth-order valence-electron chi connectivity index (χ4n) is 3.29. The molecule has 1 heterocycles. The molecule has 3 rings (SSSR count). The third kappa shape index (κ3) is 4.07. The maximum atomic E-state index is 13.0. The second-order valence-electron chi connectivity index (χ2n) is 7.28. The Bertz CT molecular complexity index is 973. The van der Waals surface area contributed by atoms with Gasteiger partial charge in [-0.25, -0.2) is 4.79 Å². The van der Waals surface area contributed by atoms with Crippen molar-refractivity contribution in [3.8, 4) is 11.5 Å². The van der Waals surface area contributed by atoms with Crippen LogP contribution in [0.25, 0.3) is 0 Å². The molecule has 30 heavy (non-hydrogen) atoms. The van der Waals surface area contributed by atoms with Crippen molar-refractivity contribution >= 4 is 17.8 Å². The van der Waals surface area contributed by atoms with Gasteiger partial charge in [-0.15, -0.1) is 0 Å². The number of benzene rings is 2. The largest absolute Gasteiger partial charge is 0.493 e. The van der Waals surface area contributed by atoms with Gasteiger partial charge in [-0.05, 0) is 37.1 Å². The number of amides is 4. The number of aryl methyl sites for hydroxylation is 1. The molecule has 0 spiro atoms. The average Bonchev–Trinajstić information content (AvgIpc) is 2.96. The summed E-state index contributed by atoms with van der Waals surface area (Å²) in [4.78, 5) is 38.7. The van der Waals surface area contributed by atoms with Crippen LogP contribution in [-0.4, -0.2) is 43.5 Å². The molecule has 8 heteroatoms. The van der Waals surface area contributed by atoms with E-state index in [1.54, 1.807) is 25.1 Å². The number of methoxy groups -OCH3 is 2. The van der Waals surface area contributed by atoms with Crippen LogP contribution < -0.4 is 20.1 Å². The summed E-state index contributed by atoms with van der Waals surface area (Å²) in [5.74, 6) is 0.0161. The van der Waals surface area contributed by atoms with Gasteiger partial charge in [0.25, 0.3) is 5.91 Å². The second-order valence-corrected chi connectivity index (χ2v) is 7.28. The van der Waals surface area contributed by atoms with Crippen LogP contribution in [0, 0.1) is 6.92 Å². The van der Waals surface area contributed by atoms with Gasteiger partial charge in [-0.3, -0.25) is 14.5 Å². The van der Waals surface area contributed by atoms with Crippen molar-refractivity contribution < 1.29 is 23.9 Å². The lowest BCUT2D eigenvalue weighted by Crippen LogP contribution is -2.43. The summed E-state index contributed by atoms with van der Waals surface area (Å²) in [6.45, 7) is 3.53. The predicted molar refractivity (Wildman–Crippen MR) is 110 cm³/mol. The van der Waals surface area contributed by atoms with Crippen LogP contribution in [0.15, 0.2) is 42.5 Å². The first-order chi connectivity index (χ1) is 14.3. The Balaban J connectivity index is 1.70. The molecule has 1 aliphatic rings. The van der Waals surface area contributed by atoms with Gasteiger partial charge in [0, 0.05) is 6.54 Å². The molecule has 158 valence electrons. The van der Waals surface area contributed by atoms with E-state index in [9.17, 15) is 14.4 Å². The first-order valence-electron chi connectivity index (χ1n) is 9.47. The van der Waals surface area contributed by atoms with Crippen molar-refractivity contribution in [2.75, 3.05) is 20.8 Å². The fraction of sp³-hybridized carbons (Fsp3) is 0.318. The van der Waals surface area contributed by atoms with Crippen LogP contribution in [0.3, 0.4) is 0 Å². The standard InChI is InChI=1S/C22H25N3O5/c1-14-5-7-15(8-6-14)12-23-19(26)13-25-20(27)22(2,24-21(25)28)16-9-10-17(29-3)18(11-16)30-4/h5-11H,12-13H2,1-4H3,(H,23,26)(H,24,28)/t22-/m1/s1. The zero-order valence-corrected chi connectivity index (χ0v) is 17.4. The van der Waals surface area contributed by atoms with Crippen molar-refractivity contribution in [1.29, 1.82) is 0 Å². The van der Waals surface area contributed by atoms with Crippen LogP contribution >= 0.6 is 0 Å². The molecule has 0 bridgehead atoms. The van der Waals surface area contributed by atoms with E-state index in [0.29, 0.717) is 23.6 Å². The molecular formula is C22H25N3O5. The highest BCUT2D eigenvalue weighted by atomic mass is 16.5. The zero-order valence-electron chi connectivity index (χ0n) is 17.4. The van der Waals surface area contributed by atoms with E-state index in [0.717, 1.165) is 16.0 Å². The summed E-state index contributed by atoms with van der Waals surface area (Å²) >= 11 is 0. The second kappa shape index (κ2) is 8.44. The number of rotatable bonds is 7. The summed E-state index contributed by atoms with van der Waals surface area (Å²) in [5.41, 5.74) is 1.27. The quantitative estimate of drug-likeness (QED) is 0.680. The number of carbonyl (C=O) groups is 3. The Morgan fingerprint density at radius 2 is 1.73 bits per heavy atom. The van der Waals surface area contributed by atoms with Crippen molar-refractivity contribution in [2.24, 2.45) is 0 Å². The number of nitrogens with zero attached hydrogens (tertiary/aromatic N) is 1. The minimum Gasteiger partial charge on any atom is -0.493 e. The number of urea groups is 1. The van der Waals surface area contributed by atoms with Gasteiger partial charge in [-0.1, -0.05) is 35.9 Å². The van der Waals surface area contributed by atoms with E-state index in [2.05, 4.69) is 10.6 Å². The lowest BCUT2D eigenvalue weighted by molar-refractivity contribution is -0.134. The number of nitrogens with one attached hydrogen (secondary N) is 2. The van der Waals surface area contributed by atoms with E-state index >= 15 is 0 Å². The monoisotopic (exact) mass is 411 g/mol. The van der Waals surface area contributed by atoms with Crippen molar-refractivity contribution in [3.63, 3.8) is 0 Å². The van der Waals surface area contributed by atoms with E-state index < -0.39 is 23.4 Å². The molecule has 0 saturated carbocycles. The zero-order chi connectivity index (χ0) is 21.9. The van der Waals surface area contributed by atoms with Gasteiger partial charge in [0.15, 0.2) is 11.5 Å². The summed E-state index contributed by atoms with van der Waals surface area (Å²) in [6.07, 6.45) is 0. The Kier molecular flexibility index (Phi) is 5.96. The number of hydrogen-bond donors (Lipinski definition) is 2. The van der Waals surface area contributed by atoms with Crippen LogP contribution in [0.5, 0.6) is 11.5 Å². The highest BCUT2D eigenvalue weighted by Crippen LogP contribution is 2.35. The van der Waals surface area contributed by atoms with Crippen molar-refractivity contribution in [1.82, 2.24) is 15.5 Å². The number of imide groups is 1. The number of hydrogen-bond acceptors (Lipinski definition) is 5. The molecule has 0 unspecified atom stereocenters. The maximum absolute atomic E-state index is 13.0. The van der Waals surface area contributed by atoms with Crippen molar-refractivity contribution in [2.45, 2.75) is 25.9 Å². The molecule has 0 aromatic heterocycles. The Hall–Kier alpha value is -3.55. The van der Waals surface area contributed by atoms with Crippen LogP contribution in [-0.2, 0) is 21.7 Å². The van der Waals surface area contributed by atoms with E-state index in [-0.39, 0.29) is 6.54 Å². The lowest BCUT2D eigenvalue weighted by Gasteiger charge is -2.23. The molecule has 2 aromatic rings. The molecule has 1 aliphatic heterocycles. The van der Waals surface area contributed by atoms with E-state index in [4.69, 9.17) is 9.47 Å². The Morgan fingerprint density at radius 3 is 2.37 bits per heavy atom. The van der Waals surface area contributed by atoms with Gasteiger partial charge < -0.3 is 20.1 Å². The van der Waals surface area contributed by atoms with E-state index in [1.807, 2.05) is 31.2 Å². The van der Waals surface area contributed by atoms with Gasteiger partial charge >= 0.3 is 6.03 Å². The normalized spacial score (nSPS) is 18.2. The molecule has 4 amide bonds. The third-order valence-electron chi connectivity index (χ3n) is 5.15. The molecule has 1 saturated heterocycles. The summed E-state index contributed by atoms with van der Waals surface area (Å²) in [5, 5.41) is 5.42. The summed E-state index contributed by atoms with van der Waals surface area (Å²) < 4.78 is 10.5. The van der Waals surface area contributed by atoms with Gasteiger partial charge in [-0.2, -0.15) is 0 Å². The summed E-state index contributed by atoms with van der Waals surface area (Å²) in [6, 6.07) is 12.1. The predicted octanol–water partition coefficient (Wildman–Crippen LogP) is 2.10. The van der Waals surface area contributed by atoms with Gasteiger partial charge in [0.1, 0.15) is 12.1 Å². The Morgan fingerprint density at radius 1 is 1.07 bits per heavy atom. The summed E-state index contributed by atoms with van der Waals surface area (Å²) in [7, 11) is 3.00. The molecule has 8 nitrogen and oxygen atoms in total. The highest BCUT2D eigenvalue weighted by molar-refractivity contribution is 6.09. The minimum atomic E-state index is -1.31. The van der Waals surface area contributed by atoms with E-state index in [1.165, 1.54) is 14.2 Å². The Labute approximate surface area is 175 Å². The topological polar surface area (TPSA) is 97.0 Å².